The van der Waals surface area contributed by atoms with Crippen LogP contribution >= 0.6 is 0 Å². The molecule has 0 saturated carbocycles. The Labute approximate surface area is 180 Å². The van der Waals surface area contributed by atoms with Crippen LogP contribution in [0.25, 0.3) is 11.2 Å². The molecule has 0 spiro atoms. The summed E-state index contributed by atoms with van der Waals surface area (Å²) in [6.45, 7) is 4.13. The molecule has 2 heterocycles. The second-order valence-corrected chi connectivity index (χ2v) is 6.59. The molecule has 0 aromatic carbocycles. The van der Waals surface area contributed by atoms with Crippen molar-refractivity contribution in [3.63, 3.8) is 0 Å². The fourth-order valence-electron chi connectivity index (χ4n) is 2.33. The smallest absolute Gasteiger partial charge is 0.434 e. The molecule has 0 amide bonds. The van der Waals surface area contributed by atoms with Crippen molar-refractivity contribution in [3.05, 3.63) is 12.7 Å². The molecule has 0 fully saturated rings. The zero-order valence-corrected chi connectivity index (χ0v) is 17.8. The summed E-state index contributed by atoms with van der Waals surface area (Å²) in [4.78, 5) is 35.6. The van der Waals surface area contributed by atoms with Crippen molar-refractivity contribution >= 4 is 29.3 Å². The Morgan fingerprint density at radius 2 is 1.58 bits per heavy atom. The van der Waals surface area contributed by atoms with Crippen molar-refractivity contribution in [1.82, 2.24) is 19.5 Å². The van der Waals surface area contributed by atoms with E-state index in [1.165, 1.54) is 12.7 Å². The number of unbranched alkanes of at least 4 members (excludes halogenated alkanes) is 2. The standard InChI is InChI=1S/C19H29N5O7/c1-3-5-7-27-18(25)29-9-14(10-30-19(26)28-8-6-4-2)31-13-24-12-23-15-16(20)21-11-22-17(15)24/h11-12,14H,3-10,13H2,1-2H3,(H2,20,21,22). The predicted molar refractivity (Wildman–Crippen MR) is 109 cm³/mol. The summed E-state index contributed by atoms with van der Waals surface area (Å²) >= 11 is 0. The summed E-state index contributed by atoms with van der Waals surface area (Å²) in [5.41, 5.74) is 6.69. The molecule has 0 aliphatic rings. The maximum atomic E-state index is 11.7. The molecule has 2 rings (SSSR count). The van der Waals surface area contributed by atoms with Crippen LogP contribution in [0.5, 0.6) is 0 Å². The number of rotatable bonds is 13. The first-order chi connectivity index (χ1) is 15.0. The third kappa shape index (κ3) is 8.24. The second-order valence-electron chi connectivity index (χ2n) is 6.59. The Bertz CT molecular complexity index is 803. The second kappa shape index (κ2) is 13.2. The molecule has 2 aromatic rings. The minimum absolute atomic E-state index is 0.000104. The van der Waals surface area contributed by atoms with E-state index in [0.29, 0.717) is 11.2 Å². The maximum Gasteiger partial charge on any atom is 0.508 e. The molecule has 2 N–H and O–H groups in total. The summed E-state index contributed by atoms with van der Waals surface area (Å²) in [6, 6.07) is 0. The minimum Gasteiger partial charge on any atom is -0.434 e. The Balaban J connectivity index is 1.91. The van der Waals surface area contributed by atoms with Gasteiger partial charge in [-0.2, -0.15) is 0 Å². The lowest BCUT2D eigenvalue weighted by atomic mass is 10.4. The van der Waals surface area contributed by atoms with Gasteiger partial charge in [0.1, 0.15) is 37.9 Å². The van der Waals surface area contributed by atoms with E-state index in [1.54, 1.807) is 4.57 Å². The molecule has 0 atom stereocenters. The molecule has 31 heavy (non-hydrogen) atoms. The van der Waals surface area contributed by atoms with Gasteiger partial charge < -0.3 is 29.4 Å². The molecule has 12 nitrogen and oxygen atoms in total. The number of hydrogen-bond acceptors (Lipinski definition) is 11. The van der Waals surface area contributed by atoms with Gasteiger partial charge in [0, 0.05) is 0 Å². The number of imidazole rings is 1. The number of aromatic nitrogens is 4. The summed E-state index contributed by atoms with van der Waals surface area (Å²) in [5.74, 6) is 0.247. The van der Waals surface area contributed by atoms with Gasteiger partial charge in [-0.25, -0.2) is 24.5 Å². The minimum atomic E-state index is -0.818. The van der Waals surface area contributed by atoms with Crippen molar-refractivity contribution in [2.24, 2.45) is 0 Å². The molecular formula is C19H29N5O7. The maximum absolute atomic E-state index is 11.7. The van der Waals surface area contributed by atoms with Crippen molar-refractivity contribution in [2.45, 2.75) is 52.4 Å². The molecular weight excluding hydrogens is 410 g/mol. The summed E-state index contributed by atoms with van der Waals surface area (Å²) in [7, 11) is 0. The molecule has 172 valence electrons. The molecule has 0 radical (unpaired) electrons. The Hall–Kier alpha value is -3.15. The number of nitrogen functional groups attached to an aromatic ring is 1. The first-order valence-electron chi connectivity index (χ1n) is 10.2. The highest BCUT2D eigenvalue weighted by Gasteiger charge is 2.18. The number of carbonyl (C=O) groups is 2. The van der Waals surface area contributed by atoms with Gasteiger partial charge in [0.2, 0.25) is 0 Å². The fraction of sp³-hybridized carbons (Fsp3) is 0.632. The number of hydrogen-bond donors (Lipinski definition) is 1. The summed E-state index contributed by atoms with van der Waals surface area (Å²) in [6.07, 6.45) is 3.65. The van der Waals surface area contributed by atoms with E-state index in [9.17, 15) is 9.59 Å². The van der Waals surface area contributed by atoms with Crippen LogP contribution in [0.3, 0.4) is 0 Å². The lowest BCUT2D eigenvalue weighted by Gasteiger charge is -2.18. The number of carbonyl (C=O) groups excluding carboxylic acids is 2. The highest BCUT2D eigenvalue weighted by molar-refractivity contribution is 5.80. The van der Waals surface area contributed by atoms with Gasteiger partial charge >= 0.3 is 12.3 Å². The first-order valence-corrected chi connectivity index (χ1v) is 10.2. The van der Waals surface area contributed by atoms with E-state index in [1.807, 2.05) is 13.8 Å². The monoisotopic (exact) mass is 439 g/mol. The first kappa shape index (κ1) is 24.1. The van der Waals surface area contributed by atoms with Gasteiger partial charge in [-0.15, -0.1) is 0 Å². The average molecular weight is 439 g/mol. The molecule has 0 unspecified atom stereocenters. The third-order valence-corrected chi connectivity index (χ3v) is 4.09. The molecule has 0 saturated heterocycles. The van der Waals surface area contributed by atoms with Crippen molar-refractivity contribution < 1.29 is 33.3 Å². The normalized spacial score (nSPS) is 10.9. The number of nitrogens with two attached hydrogens (primary N) is 1. The van der Waals surface area contributed by atoms with E-state index < -0.39 is 18.4 Å². The lowest BCUT2D eigenvalue weighted by Crippen LogP contribution is -2.30. The van der Waals surface area contributed by atoms with Crippen molar-refractivity contribution in [2.75, 3.05) is 32.2 Å². The van der Waals surface area contributed by atoms with Crippen LogP contribution in [0.4, 0.5) is 15.4 Å². The van der Waals surface area contributed by atoms with Crippen LogP contribution in [0.2, 0.25) is 0 Å². The molecule has 12 heteroatoms. The summed E-state index contributed by atoms with van der Waals surface area (Å²) < 4.78 is 27.4. The van der Waals surface area contributed by atoms with Crippen LogP contribution in [0.15, 0.2) is 12.7 Å². The van der Waals surface area contributed by atoms with Crippen molar-refractivity contribution in [3.8, 4) is 0 Å². The van der Waals surface area contributed by atoms with Crippen LogP contribution < -0.4 is 5.73 Å². The number of fused-ring (bicyclic) bond motifs is 1. The van der Waals surface area contributed by atoms with Gasteiger partial charge in [-0.1, -0.05) is 26.7 Å². The van der Waals surface area contributed by atoms with E-state index >= 15 is 0 Å². The Morgan fingerprint density at radius 1 is 0.968 bits per heavy atom. The van der Waals surface area contributed by atoms with Gasteiger partial charge in [0.05, 0.1) is 19.5 Å². The van der Waals surface area contributed by atoms with Gasteiger partial charge in [0.15, 0.2) is 11.5 Å². The van der Waals surface area contributed by atoms with Gasteiger partial charge in [0.25, 0.3) is 0 Å². The Kier molecular flexibility index (Phi) is 10.3. The van der Waals surface area contributed by atoms with Gasteiger partial charge in [-0.3, -0.25) is 4.57 Å². The zero-order valence-electron chi connectivity index (χ0n) is 17.8. The van der Waals surface area contributed by atoms with Crippen LogP contribution in [0.1, 0.15) is 39.5 Å². The quantitative estimate of drug-likeness (QED) is 0.362. The van der Waals surface area contributed by atoms with Gasteiger partial charge in [-0.05, 0) is 12.8 Å². The van der Waals surface area contributed by atoms with E-state index in [4.69, 9.17) is 29.4 Å². The van der Waals surface area contributed by atoms with Crippen molar-refractivity contribution in [1.29, 1.82) is 0 Å². The predicted octanol–water partition coefficient (Wildman–Crippen LogP) is 2.66. The highest BCUT2D eigenvalue weighted by Crippen LogP contribution is 2.14. The highest BCUT2D eigenvalue weighted by atomic mass is 16.7. The average Bonchev–Trinajstić information content (AvgIpc) is 3.18. The molecule has 0 aliphatic carbocycles. The SMILES string of the molecule is CCCCOC(=O)OCC(COC(=O)OCCCC)OCn1cnc2c(N)ncnc21. The van der Waals surface area contributed by atoms with Crippen LogP contribution in [0, 0.1) is 0 Å². The van der Waals surface area contributed by atoms with Crippen LogP contribution in [-0.2, 0) is 30.4 Å². The number of anilines is 1. The van der Waals surface area contributed by atoms with Crippen LogP contribution in [-0.4, -0.2) is 64.4 Å². The van der Waals surface area contributed by atoms with E-state index in [2.05, 4.69) is 15.0 Å². The third-order valence-electron chi connectivity index (χ3n) is 4.09. The zero-order chi connectivity index (χ0) is 22.5. The topological polar surface area (TPSA) is 150 Å². The van der Waals surface area contributed by atoms with E-state index in [0.717, 1.165) is 25.7 Å². The fourth-order valence-corrected chi connectivity index (χ4v) is 2.33. The molecule has 0 aliphatic heterocycles. The molecule has 2 aromatic heterocycles. The number of nitrogens with zero attached hydrogens (tertiary/aromatic N) is 4. The Morgan fingerprint density at radius 3 is 2.16 bits per heavy atom. The molecule has 0 bridgehead atoms. The lowest BCUT2D eigenvalue weighted by molar-refractivity contribution is -0.0712. The largest absolute Gasteiger partial charge is 0.508 e. The van der Waals surface area contributed by atoms with E-state index in [-0.39, 0.29) is 39.0 Å². The number of ether oxygens (including phenoxy) is 5. The summed E-state index contributed by atoms with van der Waals surface area (Å²) in [5, 5.41) is 0.